The first-order chi connectivity index (χ1) is 7.59. The van der Waals surface area contributed by atoms with Gasteiger partial charge in [-0.15, -0.1) is 0 Å². The Morgan fingerprint density at radius 2 is 1.75 bits per heavy atom. The molecule has 0 heterocycles. The second-order valence-electron chi connectivity index (χ2n) is 3.01. The van der Waals surface area contributed by atoms with E-state index < -0.39 is 17.7 Å². The molecule has 16 heavy (non-hydrogen) atoms. The van der Waals surface area contributed by atoms with E-state index in [1.54, 1.807) is 12.1 Å². The molecule has 0 spiro atoms. The highest BCUT2D eigenvalue weighted by Crippen LogP contribution is 2.01. The monoisotopic (exact) mass is 218 g/mol. The topological polar surface area (TPSA) is 60.4 Å². The predicted molar refractivity (Wildman–Crippen MR) is 57.3 cm³/mol. The van der Waals surface area contributed by atoms with E-state index in [-0.39, 0.29) is 0 Å². The van der Waals surface area contributed by atoms with Gasteiger partial charge in [0.2, 0.25) is 5.78 Å². The number of rotatable bonds is 3. The fourth-order valence-electron chi connectivity index (χ4n) is 0.926. The summed E-state index contributed by atoms with van der Waals surface area (Å²) in [7, 11) is 0. The zero-order chi connectivity index (χ0) is 12.0. The van der Waals surface area contributed by atoms with Gasteiger partial charge in [0.15, 0.2) is 0 Å². The molecule has 0 radical (unpaired) electrons. The standard InChI is InChI=1S/C12H10O4/c1-9(13)12(15)16-11(14)8-7-10-5-3-2-4-6-10/h2-8H,1H3/b8-7+. The molecular formula is C12H10O4. The van der Waals surface area contributed by atoms with Gasteiger partial charge in [-0.25, -0.2) is 9.59 Å². The average molecular weight is 218 g/mol. The van der Waals surface area contributed by atoms with Crippen LogP contribution in [0.3, 0.4) is 0 Å². The second-order valence-corrected chi connectivity index (χ2v) is 3.01. The maximum Gasteiger partial charge on any atom is 0.382 e. The number of Topliss-reactive ketones (excluding diaryl/α,β-unsaturated/α-hetero) is 1. The molecule has 0 saturated heterocycles. The van der Waals surface area contributed by atoms with Crippen molar-refractivity contribution >= 4 is 23.8 Å². The number of ether oxygens (including phenoxy) is 1. The van der Waals surface area contributed by atoms with Gasteiger partial charge in [0, 0.05) is 13.0 Å². The molecule has 0 aliphatic heterocycles. The SMILES string of the molecule is CC(=O)C(=O)OC(=O)/C=C/c1ccccc1. The Balaban J connectivity index is 2.55. The lowest BCUT2D eigenvalue weighted by molar-refractivity contribution is -0.161. The molecule has 1 rings (SSSR count). The number of benzene rings is 1. The van der Waals surface area contributed by atoms with Crippen molar-refractivity contribution in [2.75, 3.05) is 0 Å². The first-order valence-electron chi connectivity index (χ1n) is 4.59. The summed E-state index contributed by atoms with van der Waals surface area (Å²) in [6, 6.07) is 9.04. The number of ketones is 1. The molecule has 0 amide bonds. The summed E-state index contributed by atoms with van der Waals surface area (Å²) in [4.78, 5) is 32.3. The van der Waals surface area contributed by atoms with Crippen LogP contribution in [-0.4, -0.2) is 17.7 Å². The molecule has 4 heteroatoms. The van der Waals surface area contributed by atoms with Gasteiger partial charge in [-0.2, -0.15) is 0 Å². The van der Waals surface area contributed by atoms with Crippen LogP contribution in [0.15, 0.2) is 36.4 Å². The fourth-order valence-corrected chi connectivity index (χ4v) is 0.926. The number of carbonyl (C=O) groups is 3. The number of esters is 2. The molecule has 0 aliphatic carbocycles. The second kappa shape index (κ2) is 5.60. The summed E-state index contributed by atoms with van der Waals surface area (Å²) in [5.74, 6) is -2.81. The molecule has 0 aliphatic rings. The summed E-state index contributed by atoms with van der Waals surface area (Å²) in [5, 5.41) is 0. The minimum Gasteiger partial charge on any atom is -0.384 e. The van der Waals surface area contributed by atoms with Crippen molar-refractivity contribution in [3.63, 3.8) is 0 Å². The van der Waals surface area contributed by atoms with Crippen LogP contribution in [0.2, 0.25) is 0 Å². The van der Waals surface area contributed by atoms with E-state index >= 15 is 0 Å². The Bertz CT molecular complexity index is 432. The summed E-state index contributed by atoms with van der Waals surface area (Å²) in [6.45, 7) is 1.04. The maximum atomic E-state index is 11.0. The lowest BCUT2D eigenvalue weighted by atomic mass is 10.2. The molecule has 4 nitrogen and oxygen atoms in total. The van der Waals surface area contributed by atoms with Gasteiger partial charge in [-0.1, -0.05) is 30.3 Å². The lowest BCUT2D eigenvalue weighted by Crippen LogP contribution is -2.17. The molecule has 0 saturated carbocycles. The molecule has 0 unspecified atom stereocenters. The zero-order valence-electron chi connectivity index (χ0n) is 8.67. The smallest absolute Gasteiger partial charge is 0.382 e. The summed E-state index contributed by atoms with van der Waals surface area (Å²) >= 11 is 0. The van der Waals surface area contributed by atoms with Crippen molar-refractivity contribution in [1.29, 1.82) is 0 Å². The van der Waals surface area contributed by atoms with Crippen molar-refractivity contribution in [1.82, 2.24) is 0 Å². The zero-order valence-corrected chi connectivity index (χ0v) is 8.67. The van der Waals surface area contributed by atoms with E-state index in [2.05, 4.69) is 4.74 Å². The summed E-state index contributed by atoms with van der Waals surface area (Å²) in [5.41, 5.74) is 0.801. The minimum absolute atomic E-state index is 0.801. The van der Waals surface area contributed by atoms with Gasteiger partial charge in [0.05, 0.1) is 0 Å². The van der Waals surface area contributed by atoms with Crippen LogP contribution >= 0.6 is 0 Å². The van der Waals surface area contributed by atoms with Crippen LogP contribution in [0.25, 0.3) is 6.08 Å². The van der Waals surface area contributed by atoms with Crippen LogP contribution in [0.4, 0.5) is 0 Å². The van der Waals surface area contributed by atoms with Crippen LogP contribution < -0.4 is 0 Å². The predicted octanol–water partition coefficient (Wildman–Crippen LogP) is 1.36. The lowest BCUT2D eigenvalue weighted by Gasteiger charge is -1.95. The fraction of sp³-hybridized carbons (Fsp3) is 0.0833. The van der Waals surface area contributed by atoms with Crippen LogP contribution in [0.1, 0.15) is 12.5 Å². The van der Waals surface area contributed by atoms with Gasteiger partial charge < -0.3 is 4.74 Å². The van der Waals surface area contributed by atoms with Crippen molar-refractivity contribution in [2.24, 2.45) is 0 Å². The highest BCUT2D eigenvalue weighted by molar-refractivity contribution is 6.34. The average Bonchev–Trinajstić information content (AvgIpc) is 2.27. The Labute approximate surface area is 92.5 Å². The van der Waals surface area contributed by atoms with E-state index in [4.69, 9.17) is 0 Å². The molecule has 0 aromatic heterocycles. The number of hydrogen-bond donors (Lipinski definition) is 0. The van der Waals surface area contributed by atoms with E-state index in [0.29, 0.717) is 0 Å². The van der Waals surface area contributed by atoms with Crippen LogP contribution in [0, 0.1) is 0 Å². The Hall–Kier alpha value is -2.23. The van der Waals surface area contributed by atoms with E-state index in [0.717, 1.165) is 18.6 Å². The van der Waals surface area contributed by atoms with Crippen molar-refractivity contribution < 1.29 is 19.1 Å². The van der Waals surface area contributed by atoms with Gasteiger partial charge in [-0.05, 0) is 11.6 Å². The van der Waals surface area contributed by atoms with Gasteiger partial charge >= 0.3 is 11.9 Å². The number of carbonyl (C=O) groups excluding carboxylic acids is 3. The van der Waals surface area contributed by atoms with E-state index in [9.17, 15) is 14.4 Å². The molecule has 0 fully saturated rings. The quantitative estimate of drug-likeness (QED) is 0.332. The third-order valence-electron chi connectivity index (χ3n) is 1.69. The molecule has 0 atom stereocenters. The minimum atomic E-state index is -1.15. The third kappa shape index (κ3) is 3.88. The highest BCUT2D eigenvalue weighted by Gasteiger charge is 2.12. The van der Waals surface area contributed by atoms with Gasteiger partial charge in [-0.3, -0.25) is 4.79 Å². The molecule has 0 bridgehead atoms. The molecule has 1 aromatic carbocycles. The third-order valence-corrected chi connectivity index (χ3v) is 1.69. The molecule has 0 N–H and O–H groups in total. The summed E-state index contributed by atoms with van der Waals surface area (Å²) in [6.07, 6.45) is 2.59. The Kier molecular flexibility index (Phi) is 4.15. The maximum absolute atomic E-state index is 11.0. The van der Waals surface area contributed by atoms with Gasteiger partial charge in [0.25, 0.3) is 0 Å². The molecule has 1 aromatic rings. The van der Waals surface area contributed by atoms with E-state index in [1.165, 1.54) is 6.08 Å². The first kappa shape index (κ1) is 11.8. The van der Waals surface area contributed by atoms with Crippen molar-refractivity contribution in [2.45, 2.75) is 6.92 Å². The molecular weight excluding hydrogens is 208 g/mol. The van der Waals surface area contributed by atoms with Crippen LogP contribution in [-0.2, 0) is 19.1 Å². The van der Waals surface area contributed by atoms with Crippen molar-refractivity contribution in [3.8, 4) is 0 Å². The Morgan fingerprint density at radius 1 is 1.12 bits per heavy atom. The van der Waals surface area contributed by atoms with Crippen molar-refractivity contribution in [3.05, 3.63) is 42.0 Å². The van der Waals surface area contributed by atoms with E-state index in [1.807, 2.05) is 18.2 Å². The normalized spacial score (nSPS) is 10.1. The highest BCUT2D eigenvalue weighted by atomic mass is 16.6. The first-order valence-corrected chi connectivity index (χ1v) is 4.59. The van der Waals surface area contributed by atoms with Crippen LogP contribution in [0.5, 0.6) is 0 Å². The molecule has 82 valence electrons. The number of hydrogen-bond acceptors (Lipinski definition) is 4. The Morgan fingerprint density at radius 3 is 2.31 bits per heavy atom. The summed E-state index contributed by atoms with van der Waals surface area (Å²) < 4.78 is 4.22. The largest absolute Gasteiger partial charge is 0.384 e. The van der Waals surface area contributed by atoms with Gasteiger partial charge in [0.1, 0.15) is 0 Å².